The summed E-state index contributed by atoms with van der Waals surface area (Å²) in [5.41, 5.74) is 0. The van der Waals surface area contributed by atoms with Gasteiger partial charge in [0.15, 0.2) is 0 Å². The Morgan fingerprint density at radius 3 is 2.44 bits per heavy atom. The summed E-state index contributed by atoms with van der Waals surface area (Å²) in [6, 6.07) is -2.04. The first-order chi connectivity index (χ1) is 11.6. The number of hydrogen-bond donors (Lipinski definition) is 3. The quantitative estimate of drug-likeness (QED) is 0.596. The molecule has 2 atom stereocenters. The van der Waals surface area contributed by atoms with Gasteiger partial charge < -0.3 is 15.7 Å². The number of halogens is 3. The summed E-state index contributed by atoms with van der Waals surface area (Å²) in [6.45, 7) is 2.34. The number of piperidine rings is 1. The van der Waals surface area contributed by atoms with Crippen molar-refractivity contribution in [1.29, 1.82) is 0 Å². The predicted octanol–water partition coefficient (Wildman–Crippen LogP) is 0.497. The van der Waals surface area contributed by atoms with Gasteiger partial charge in [0.05, 0.1) is 6.54 Å². The van der Waals surface area contributed by atoms with Crippen molar-refractivity contribution in [2.24, 2.45) is 5.92 Å². The number of carboxylic acids is 1. The van der Waals surface area contributed by atoms with Crippen LogP contribution in [0.3, 0.4) is 0 Å². The van der Waals surface area contributed by atoms with Gasteiger partial charge in [0.2, 0.25) is 11.8 Å². The Morgan fingerprint density at radius 1 is 1.32 bits per heavy atom. The van der Waals surface area contributed by atoms with Crippen molar-refractivity contribution in [2.75, 3.05) is 13.1 Å². The molecule has 2 fully saturated rings. The van der Waals surface area contributed by atoms with Crippen LogP contribution in [0.25, 0.3) is 0 Å². The number of likely N-dealkylation sites (N-methyl/N-ethyl adjacent to an activating group) is 1. The summed E-state index contributed by atoms with van der Waals surface area (Å²) in [6.07, 6.45) is -3.84. The van der Waals surface area contributed by atoms with Gasteiger partial charge in [-0.25, -0.2) is 0 Å². The van der Waals surface area contributed by atoms with Gasteiger partial charge in [0, 0.05) is 12.1 Å². The van der Waals surface area contributed by atoms with E-state index in [0.29, 0.717) is 19.4 Å². The topological polar surface area (TPSA) is 98.7 Å². The van der Waals surface area contributed by atoms with Gasteiger partial charge in [-0.3, -0.25) is 19.3 Å². The van der Waals surface area contributed by atoms with E-state index < -0.39 is 35.9 Å². The van der Waals surface area contributed by atoms with Gasteiger partial charge in [-0.05, 0) is 32.2 Å². The average molecular weight is 365 g/mol. The monoisotopic (exact) mass is 365 g/mol. The van der Waals surface area contributed by atoms with Crippen molar-refractivity contribution in [1.82, 2.24) is 15.5 Å². The number of nitrogens with one attached hydrogen (secondary N) is 2. The SMILES string of the molecule is CCN(CC(=O)O)C1CC(NC(=O)C2CCC(C(F)(F)F)NC2=O)C1. The van der Waals surface area contributed by atoms with E-state index in [9.17, 15) is 27.6 Å². The molecule has 142 valence electrons. The number of carbonyl (C=O) groups is 3. The summed E-state index contributed by atoms with van der Waals surface area (Å²) in [7, 11) is 0. The first-order valence-electron chi connectivity index (χ1n) is 8.25. The molecule has 2 rings (SSSR count). The summed E-state index contributed by atoms with van der Waals surface area (Å²) in [5, 5.41) is 13.4. The van der Waals surface area contributed by atoms with Crippen LogP contribution in [0.5, 0.6) is 0 Å². The van der Waals surface area contributed by atoms with Gasteiger partial charge in [0.25, 0.3) is 0 Å². The highest BCUT2D eigenvalue weighted by Gasteiger charge is 2.46. The number of hydrogen-bond acceptors (Lipinski definition) is 4. The summed E-state index contributed by atoms with van der Waals surface area (Å²) in [5.74, 6) is -3.50. The fraction of sp³-hybridized carbons (Fsp3) is 0.800. The number of amides is 2. The third-order valence-corrected chi connectivity index (χ3v) is 4.81. The fourth-order valence-corrected chi connectivity index (χ4v) is 3.28. The summed E-state index contributed by atoms with van der Waals surface area (Å²) < 4.78 is 37.8. The van der Waals surface area contributed by atoms with E-state index in [1.54, 1.807) is 4.90 Å². The number of carbonyl (C=O) groups excluding carboxylic acids is 2. The second-order valence-corrected chi connectivity index (χ2v) is 6.52. The fourth-order valence-electron chi connectivity index (χ4n) is 3.28. The third kappa shape index (κ3) is 4.83. The number of carboxylic acid groups (broad SMARTS) is 1. The molecule has 3 N–H and O–H groups in total. The van der Waals surface area contributed by atoms with Crippen LogP contribution >= 0.6 is 0 Å². The number of rotatable bonds is 6. The van der Waals surface area contributed by atoms with Crippen LogP contribution in [0, 0.1) is 5.92 Å². The molecule has 1 heterocycles. The molecule has 7 nitrogen and oxygen atoms in total. The Kier molecular flexibility index (Phi) is 5.91. The molecule has 0 aromatic carbocycles. The molecule has 2 unspecified atom stereocenters. The van der Waals surface area contributed by atoms with Gasteiger partial charge in [-0.15, -0.1) is 0 Å². The van der Waals surface area contributed by atoms with Gasteiger partial charge in [0.1, 0.15) is 12.0 Å². The lowest BCUT2D eigenvalue weighted by Crippen LogP contribution is -2.58. The van der Waals surface area contributed by atoms with E-state index in [0.717, 1.165) is 0 Å². The minimum absolute atomic E-state index is 0.0428. The van der Waals surface area contributed by atoms with Crippen molar-refractivity contribution in [3.05, 3.63) is 0 Å². The van der Waals surface area contributed by atoms with Crippen molar-refractivity contribution in [3.63, 3.8) is 0 Å². The molecule has 0 spiro atoms. The molecule has 0 radical (unpaired) electrons. The van der Waals surface area contributed by atoms with E-state index in [1.807, 2.05) is 12.2 Å². The van der Waals surface area contributed by atoms with Crippen molar-refractivity contribution in [2.45, 2.75) is 56.9 Å². The molecule has 0 aromatic rings. The second-order valence-electron chi connectivity index (χ2n) is 6.52. The number of nitrogens with zero attached hydrogens (tertiary/aromatic N) is 1. The molecule has 2 amide bonds. The first kappa shape index (κ1) is 19.5. The molecular formula is C15H22F3N3O4. The normalized spacial score (nSPS) is 29.7. The second kappa shape index (κ2) is 7.59. The zero-order valence-corrected chi connectivity index (χ0v) is 13.8. The van der Waals surface area contributed by atoms with Crippen LogP contribution < -0.4 is 10.6 Å². The molecular weight excluding hydrogens is 343 g/mol. The van der Waals surface area contributed by atoms with Gasteiger partial charge in [-0.2, -0.15) is 13.2 Å². The van der Waals surface area contributed by atoms with Crippen molar-refractivity contribution in [3.8, 4) is 0 Å². The van der Waals surface area contributed by atoms with E-state index in [4.69, 9.17) is 5.11 Å². The highest BCUT2D eigenvalue weighted by Crippen LogP contribution is 2.30. The summed E-state index contributed by atoms with van der Waals surface area (Å²) >= 11 is 0. The number of alkyl halides is 3. The van der Waals surface area contributed by atoms with Crippen LogP contribution in [-0.2, 0) is 14.4 Å². The largest absolute Gasteiger partial charge is 0.480 e. The highest BCUT2D eigenvalue weighted by molar-refractivity contribution is 6.01. The molecule has 1 aliphatic heterocycles. The predicted molar refractivity (Wildman–Crippen MR) is 80.5 cm³/mol. The zero-order chi connectivity index (χ0) is 18.8. The van der Waals surface area contributed by atoms with Gasteiger partial charge in [-0.1, -0.05) is 6.92 Å². The lowest BCUT2D eigenvalue weighted by atomic mass is 9.84. The number of aliphatic carboxylic acids is 1. The Hall–Kier alpha value is -1.84. The first-order valence-corrected chi connectivity index (χ1v) is 8.25. The minimum atomic E-state index is -4.51. The average Bonchev–Trinajstić information content (AvgIpc) is 2.47. The van der Waals surface area contributed by atoms with Gasteiger partial charge >= 0.3 is 12.1 Å². The van der Waals surface area contributed by atoms with Crippen LogP contribution in [0.4, 0.5) is 13.2 Å². The Morgan fingerprint density at radius 2 is 1.96 bits per heavy atom. The van der Waals surface area contributed by atoms with Crippen molar-refractivity contribution >= 4 is 17.8 Å². The van der Waals surface area contributed by atoms with Crippen LogP contribution in [0.15, 0.2) is 0 Å². The molecule has 0 bridgehead atoms. The van der Waals surface area contributed by atoms with Crippen LogP contribution in [0.1, 0.15) is 32.6 Å². The maximum Gasteiger partial charge on any atom is 0.408 e. The van der Waals surface area contributed by atoms with Crippen molar-refractivity contribution < 1.29 is 32.7 Å². The Labute approximate surface area is 142 Å². The van der Waals surface area contributed by atoms with Crippen LogP contribution in [-0.4, -0.2) is 65.2 Å². The zero-order valence-electron chi connectivity index (χ0n) is 13.8. The van der Waals surface area contributed by atoms with E-state index >= 15 is 0 Å². The maximum absolute atomic E-state index is 12.6. The molecule has 25 heavy (non-hydrogen) atoms. The maximum atomic E-state index is 12.6. The lowest BCUT2D eigenvalue weighted by molar-refractivity contribution is -0.171. The molecule has 1 saturated heterocycles. The van der Waals surface area contributed by atoms with Crippen LogP contribution in [0.2, 0.25) is 0 Å². The minimum Gasteiger partial charge on any atom is -0.480 e. The third-order valence-electron chi connectivity index (χ3n) is 4.81. The molecule has 1 saturated carbocycles. The standard InChI is InChI=1S/C15H22F3N3O4/c1-2-21(7-12(22)23)9-5-8(6-9)19-13(24)10-3-4-11(15(16,17)18)20-14(10)25/h8-11H,2-7H2,1H3,(H,19,24)(H,20,25)(H,22,23). The highest BCUT2D eigenvalue weighted by atomic mass is 19.4. The molecule has 1 aliphatic carbocycles. The Balaban J connectivity index is 1.79. The Bertz CT molecular complexity index is 535. The molecule has 10 heteroatoms. The lowest BCUT2D eigenvalue weighted by Gasteiger charge is -2.42. The van der Waals surface area contributed by atoms with E-state index in [2.05, 4.69) is 5.32 Å². The smallest absolute Gasteiger partial charge is 0.408 e. The molecule has 0 aromatic heterocycles. The van der Waals surface area contributed by atoms with E-state index in [1.165, 1.54) is 0 Å². The molecule has 2 aliphatic rings. The summed E-state index contributed by atoms with van der Waals surface area (Å²) in [4.78, 5) is 36.5. The van der Waals surface area contributed by atoms with E-state index in [-0.39, 0.29) is 31.5 Å².